The second-order valence-corrected chi connectivity index (χ2v) is 7.55. The minimum absolute atomic E-state index is 0.0169. The Bertz CT molecular complexity index is 882. The maximum atomic E-state index is 13.3. The van der Waals surface area contributed by atoms with Gasteiger partial charge in [-0.15, -0.1) is 0 Å². The highest BCUT2D eigenvalue weighted by molar-refractivity contribution is 6.16. The number of rotatable bonds is 9. The van der Waals surface area contributed by atoms with Crippen molar-refractivity contribution in [1.82, 2.24) is 4.90 Å². The summed E-state index contributed by atoms with van der Waals surface area (Å²) in [6, 6.07) is 5.49. The van der Waals surface area contributed by atoms with Crippen molar-refractivity contribution in [2.75, 3.05) is 33.5 Å². The lowest BCUT2D eigenvalue weighted by atomic mass is 10.0. The Hall–Kier alpha value is -2.80. The molecule has 168 valence electrons. The molecular weight excluding hydrogens is 398 g/mol. The third kappa shape index (κ3) is 5.10. The second kappa shape index (κ2) is 10.5. The van der Waals surface area contributed by atoms with E-state index in [1.54, 1.807) is 17.9 Å². The molecule has 1 aromatic carbocycles. The van der Waals surface area contributed by atoms with Crippen LogP contribution in [-0.2, 0) is 19.1 Å². The van der Waals surface area contributed by atoms with Gasteiger partial charge in [0, 0.05) is 12.3 Å². The van der Waals surface area contributed by atoms with Crippen LogP contribution >= 0.6 is 0 Å². The Morgan fingerprint density at radius 2 is 2.06 bits per heavy atom. The summed E-state index contributed by atoms with van der Waals surface area (Å²) >= 11 is 0. The van der Waals surface area contributed by atoms with Crippen LogP contribution in [0.25, 0.3) is 6.08 Å². The largest absolute Gasteiger partial charge is 0.490 e. The summed E-state index contributed by atoms with van der Waals surface area (Å²) in [4.78, 5) is 27.4. The molecular formula is C24H31NO6. The van der Waals surface area contributed by atoms with Crippen molar-refractivity contribution in [2.24, 2.45) is 0 Å². The van der Waals surface area contributed by atoms with E-state index in [1.807, 2.05) is 32.0 Å². The highest BCUT2D eigenvalue weighted by atomic mass is 16.5. The van der Waals surface area contributed by atoms with Crippen LogP contribution in [-0.4, -0.2) is 56.4 Å². The van der Waals surface area contributed by atoms with Gasteiger partial charge in [-0.25, -0.2) is 4.79 Å². The Morgan fingerprint density at radius 1 is 1.26 bits per heavy atom. The highest BCUT2D eigenvalue weighted by Crippen LogP contribution is 2.35. The molecule has 2 aliphatic rings. The number of esters is 1. The molecule has 0 aliphatic carbocycles. The summed E-state index contributed by atoms with van der Waals surface area (Å²) in [6.45, 7) is 7.92. The lowest BCUT2D eigenvalue weighted by Crippen LogP contribution is -2.33. The number of hydrogen-bond donors (Lipinski definition) is 0. The van der Waals surface area contributed by atoms with E-state index in [2.05, 4.69) is 0 Å². The van der Waals surface area contributed by atoms with Gasteiger partial charge in [-0.1, -0.05) is 13.0 Å². The molecule has 31 heavy (non-hydrogen) atoms. The van der Waals surface area contributed by atoms with Gasteiger partial charge in [-0.05, 0) is 56.9 Å². The highest BCUT2D eigenvalue weighted by Gasteiger charge is 2.38. The molecule has 1 atom stereocenters. The van der Waals surface area contributed by atoms with Crippen molar-refractivity contribution in [1.29, 1.82) is 0 Å². The van der Waals surface area contributed by atoms with Gasteiger partial charge >= 0.3 is 5.97 Å². The number of amides is 1. The number of nitrogens with zero attached hydrogens (tertiary/aromatic N) is 1. The number of benzene rings is 1. The van der Waals surface area contributed by atoms with E-state index in [0.29, 0.717) is 49.1 Å². The van der Waals surface area contributed by atoms with Crippen LogP contribution in [0.4, 0.5) is 0 Å². The van der Waals surface area contributed by atoms with E-state index in [0.717, 1.165) is 24.8 Å². The van der Waals surface area contributed by atoms with E-state index in [4.69, 9.17) is 18.9 Å². The van der Waals surface area contributed by atoms with Crippen LogP contribution in [0.15, 0.2) is 35.0 Å². The zero-order valence-electron chi connectivity index (χ0n) is 18.7. The summed E-state index contributed by atoms with van der Waals surface area (Å²) < 4.78 is 22.1. The molecule has 1 fully saturated rings. The first-order chi connectivity index (χ1) is 15.0. The molecule has 1 aromatic rings. The molecule has 1 saturated heterocycles. The predicted octanol–water partition coefficient (Wildman–Crippen LogP) is 3.73. The molecule has 7 nitrogen and oxygen atoms in total. The van der Waals surface area contributed by atoms with E-state index in [1.165, 1.54) is 7.11 Å². The fraction of sp³-hybridized carbons (Fsp3) is 0.500. The minimum Gasteiger partial charge on any atom is -0.490 e. The number of methoxy groups -OCH3 is 1. The predicted molar refractivity (Wildman–Crippen MR) is 117 cm³/mol. The fourth-order valence-electron chi connectivity index (χ4n) is 3.82. The SMILES string of the molecule is CCCOc1ccc(/C=C2\C(=O)N(C[C@@H]3CCCO3)C(C)=C2C(=O)OC)cc1OCC. The maximum absolute atomic E-state index is 13.3. The summed E-state index contributed by atoms with van der Waals surface area (Å²) in [6.07, 6.45) is 4.46. The zero-order valence-corrected chi connectivity index (χ0v) is 18.7. The Kier molecular flexibility index (Phi) is 7.74. The topological polar surface area (TPSA) is 74.3 Å². The normalized spacial score (nSPS) is 20.0. The van der Waals surface area contributed by atoms with Crippen molar-refractivity contribution >= 4 is 18.0 Å². The van der Waals surface area contributed by atoms with Crippen LogP contribution in [0, 0.1) is 0 Å². The first kappa shape index (κ1) is 22.9. The van der Waals surface area contributed by atoms with Gasteiger partial charge in [0.2, 0.25) is 0 Å². The molecule has 0 aromatic heterocycles. The molecule has 0 bridgehead atoms. The first-order valence-corrected chi connectivity index (χ1v) is 10.8. The van der Waals surface area contributed by atoms with Crippen molar-refractivity contribution in [3.63, 3.8) is 0 Å². The first-order valence-electron chi connectivity index (χ1n) is 10.8. The lowest BCUT2D eigenvalue weighted by Gasteiger charge is -2.21. The van der Waals surface area contributed by atoms with Gasteiger partial charge in [0.1, 0.15) is 0 Å². The van der Waals surface area contributed by atoms with Gasteiger partial charge in [-0.3, -0.25) is 4.79 Å². The standard InChI is InChI=1S/C24H31NO6/c1-5-11-31-20-10-9-17(14-21(20)29-6-2)13-19-22(24(27)28-4)16(3)25(23(19)26)15-18-8-7-12-30-18/h9-10,13-14,18H,5-8,11-12,15H2,1-4H3/b19-13-/t18-/m0/s1. The third-order valence-corrected chi connectivity index (χ3v) is 5.35. The monoisotopic (exact) mass is 429 g/mol. The van der Waals surface area contributed by atoms with Crippen LogP contribution in [0.1, 0.15) is 45.6 Å². The van der Waals surface area contributed by atoms with E-state index in [9.17, 15) is 9.59 Å². The van der Waals surface area contributed by atoms with E-state index in [-0.39, 0.29) is 17.6 Å². The van der Waals surface area contributed by atoms with Crippen molar-refractivity contribution in [3.8, 4) is 11.5 Å². The summed E-state index contributed by atoms with van der Waals surface area (Å²) in [5, 5.41) is 0. The minimum atomic E-state index is -0.528. The quantitative estimate of drug-likeness (QED) is 0.440. The Balaban J connectivity index is 1.95. The van der Waals surface area contributed by atoms with Crippen LogP contribution in [0.3, 0.4) is 0 Å². The average Bonchev–Trinajstić information content (AvgIpc) is 3.36. The molecule has 0 spiro atoms. The Morgan fingerprint density at radius 3 is 2.71 bits per heavy atom. The van der Waals surface area contributed by atoms with Gasteiger partial charge in [-0.2, -0.15) is 0 Å². The number of allylic oxidation sites excluding steroid dienone is 1. The van der Waals surface area contributed by atoms with E-state index >= 15 is 0 Å². The van der Waals surface area contributed by atoms with Crippen molar-refractivity contribution in [3.05, 3.63) is 40.6 Å². The fourth-order valence-corrected chi connectivity index (χ4v) is 3.82. The average molecular weight is 430 g/mol. The number of carbonyl (C=O) groups is 2. The molecule has 7 heteroatoms. The molecule has 2 heterocycles. The van der Waals surface area contributed by atoms with Crippen LogP contribution in [0.2, 0.25) is 0 Å². The lowest BCUT2D eigenvalue weighted by molar-refractivity contribution is -0.136. The van der Waals surface area contributed by atoms with Crippen LogP contribution in [0.5, 0.6) is 11.5 Å². The van der Waals surface area contributed by atoms with Gasteiger partial charge < -0.3 is 23.8 Å². The second-order valence-electron chi connectivity index (χ2n) is 7.55. The number of hydrogen-bond acceptors (Lipinski definition) is 6. The van der Waals surface area contributed by atoms with Crippen LogP contribution < -0.4 is 9.47 Å². The summed E-state index contributed by atoms with van der Waals surface area (Å²) in [5.41, 5.74) is 1.93. The third-order valence-electron chi connectivity index (χ3n) is 5.35. The van der Waals surface area contributed by atoms with Crippen molar-refractivity contribution in [2.45, 2.75) is 46.1 Å². The summed E-state index contributed by atoms with van der Waals surface area (Å²) in [5.74, 6) is 0.508. The molecule has 0 radical (unpaired) electrons. The molecule has 0 N–H and O–H groups in total. The molecule has 2 aliphatic heterocycles. The molecule has 3 rings (SSSR count). The molecule has 0 unspecified atom stereocenters. The Labute approximate surface area is 183 Å². The van der Waals surface area contributed by atoms with Crippen molar-refractivity contribution < 1.29 is 28.5 Å². The van der Waals surface area contributed by atoms with Gasteiger partial charge in [0.25, 0.3) is 5.91 Å². The van der Waals surface area contributed by atoms with Gasteiger partial charge in [0.15, 0.2) is 11.5 Å². The zero-order chi connectivity index (χ0) is 22.4. The smallest absolute Gasteiger partial charge is 0.340 e. The van der Waals surface area contributed by atoms with E-state index < -0.39 is 5.97 Å². The number of carbonyl (C=O) groups excluding carboxylic acids is 2. The number of ether oxygens (including phenoxy) is 4. The maximum Gasteiger partial charge on any atom is 0.340 e. The van der Waals surface area contributed by atoms with Gasteiger partial charge in [0.05, 0.1) is 44.1 Å². The molecule has 0 saturated carbocycles. The summed E-state index contributed by atoms with van der Waals surface area (Å²) in [7, 11) is 1.32. The molecule has 1 amide bonds.